The standard InChI is InChI=1S/C23H30N4O2/c1-15-6-8-18(9-7-15)17(3)27-20-11-21(23(27)29)25(14-20)13-16(2)22(28)26-10-4-5-19(26)12-24/h6-9,16-17,19-21H,4-5,10-11,13-14H2,1-3H3/t16-,17+,19-,20?,21-/m0/s1. The molecule has 3 aliphatic rings. The van der Waals surface area contributed by atoms with Gasteiger partial charge in [0, 0.05) is 31.6 Å². The molecule has 0 aliphatic carbocycles. The molecule has 6 heteroatoms. The Balaban J connectivity index is 1.39. The normalized spacial score (nSPS) is 28.6. The minimum Gasteiger partial charge on any atom is -0.330 e. The minimum absolute atomic E-state index is 0.0501. The Bertz CT molecular complexity index is 830. The van der Waals surface area contributed by atoms with Crippen LogP contribution in [0.1, 0.15) is 50.3 Å². The number of nitriles is 1. The second-order valence-corrected chi connectivity index (χ2v) is 8.91. The van der Waals surface area contributed by atoms with Crippen molar-refractivity contribution >= 4 is 11.8 Å². The van der Waals surface area contributed by atoms with Crippen LogP contribution < -0.4 is 0 Å². The lowest BCUT2D eigenvalue weighted by molar-refractivity contribution is -0.142. The zero-order valence-corrected chi connectivity index (χ0v) is 17.5. The molecule has 3 fully saturated rings. The average molecular weight is 395 g/mol. The predicted octanol–water partition coefficient (Wildman–Crippen LogP) is 2.49. The third kappa shape index (κ3) is 3.53. The monoisotopic (exact) mass is 394 g/mol. The summed E-state index contributed by atoms with van der Waals surface area (Å²) in [6.07, 6.45) is 2.52. The first kappa shape index (κ1) is 19.9. The summed E-state index contributed by atoms with van der Waals surface area (Å²) in [5, 5.41) is 9.26. The van der Waals surface area contributed by atoms with Crippen LogP contribution in [0, 0.1) is 24.2 Å². The number of amides is 2. The fourth-order valence-corrected chi connectivity index (χ4v) is 5.28. The van der Waals surface area contributed by atoms with Gasteiger partial charge in [0.1, 0.15) is 6.04 Å². The van der Waals surface area contributed by atoms with Gasteiger partial charge in [-0.05, 0) is 38.7 Å². The van der Waals surface area contributed by atoms with Crippen molar-refractivity contribution in [3.05, 3.63) is 35.4 Å². The Labute approximate surface area is 173 Å². The molecule has 2 amide bonds. The Kier molecular flexibility index (Phi) is 5.35. The highest BCUT2D eigenvalue weighted by molar-refractivity contribution is 5.86. The summed E-state index contributed by atoms with van der Waals surface area (Å²) in [7, 11) is 0. The van der Waals surface area contributed by atoms with E-state index in [4.69, 9.17) is 0 Å². The van der Waals surface area contributed by atoms with Gasteiger partial charge in [0.05, 0.1) is 18.2 Å². The quantitative estimate of drug-likeness (QED) is 0.770. The molecule has 0 radical (unpaired) electrons. The molecule has 3 saturated heterocycles. The molecule has 0 spiro atoms. The summed E-state index contributed by atoms with van der Waals surface area (Å²) in [5.74, 6) is 0.0401. The molecule has 29 heavy (non-hydrogen) atoms. The minimum atomic E-state index is -0.285. The van der Waals surface area contributed by atoms with Crippen LogP contribution >= 0.6 is 0 Å². The molecule has 154 valence electrons. The summed E-state index contributed by atoms with van der Waals surface area (Å²) >= 11 is 0. The number of carbonyl (C=O) groups excluding carboxylic acids is 2. The molecular formula is C23H30N4O2. The Morgan fingerprint density at radius 3 is 2.66 bits per heavy atom. The van der Waals surface area contributed by atoms with Crippen LogP contribution in [0.15, 0.2) is 24.3 Å². The van der Waals surface area contributed by atoms with Gasteiger partial charge in [0.25, 0.3) is 0 Å². The maximum absolute atomic E-state index is 13.1. The molecule has 0 aromatic heterocycles. The van der Waals surface area contributed by atoms with Crippen molar-refractivity contribution in [2.24, 2.45) is 5.92 Å². The summed E-state index contributed by atoms with van der Waals surface area (Å²) in [6, 6.07) is 10.5. The van der Waals surface area contributed by atoms with E-state index in [0.717, 1.165) is 25.8 Å². The van der Waals surface area contributed by atoms with Crippen LogP contribution in [0.3, 0.4) is 0 Å². The van der Waals surface area contributed by atoms with Gasteiger partial charge in [-0.1, -0.05) is 36.8 Å². The molecule has 0 saturated carbocycles. The molecule has 4 rings (SSSR count). The smallest absolute Gasteiger partial charge is 0.240 e. The molecule has 6 nitrogen and oxygen atoms in total. The fraction of sp³-hybridized carbons (Fsp3) is 0.609. The average Bonchev–Trinajstić information content (AvgIpc) is 3.41. The number of carbonyl (C=O) groups is 2. The summed E-state index contributed by atoms with van der Waals surface area (Å²) in [5.41, 5.74) is 2.39. The summed E-state index contributed by atoms with van der Waals surface area (Å²) in [6.45, 7) is 8.19. The highest BCUT2D eigenvalue weighted by atomic mass is 16.2. The first-order chi connectivity index (χ1) is 13.9. The molecule has 0 N–H and O–H groups in total. The molecule has 2 bridgehead atoms. The zero-order chi connectivity index (χ0) is 20.7. The van der Waals surface area contributed by atoms with Crippen molar-refractivity contribution in [3.63, 3.8) is 0 Å². The highest BCUT2D eigenvalue weighted by Crippen LogP contribution is 2.38. The molecule has 3 heterocycles. The van der Waals surface area contributed by atoms with Gasteiger partial charge in [0.15, 0.2) is 0 Å². The summed E-state index contributed by atoms with van der Waals surface area (Å²) in [4.78, 5) is 31.9. The Morgan fingerprint density at radius 1 is 1.28 bits per heavy atom. The van der Waals surface area contributed by atoms with E-state index in [1.54, 1.807) is 4.90 Å². The summed E-state index contributed by atoms with van der Waals surface area (Å²) < 4.78 is 0. The van der Waals surface area contributed by atoms with Crippen molar-refractivity contribution in [2.75, 3.05) is 19.6 Å². The van der Waals surface area contributed by atoms with E-state index in [-0.39, 0.29) is 41.9 Å². The van der Waals surface area contributed by atoms with Gasteiger partial charge < -0.3 is 9.80 Å². The van der Waals surface area contributed by atoms with E-state index in [2.05, 4.69) is 49.1 Å². The van der Waals surface area contributed by atoms with Gasteiger partial charge in [-0.25, -0.2) is 0 Å². The van der Waals surface area contributed by atoms with Crippen molar-refractivity contribution in [3.8, 4) is 6.07 Å². The topological polar surface area (TPSA) is 67.7 Å². The number of nitrogens with zero attached hydrogens (tertiary/aromatic N) is 4. The predicted molar refractivity (Wildman–Crippen MR) is 110 cm³/mol. The number of benzene rings is 1. The molecule has 5 atom stereocenters. The van der Waals surface area contributed by atoms with Gasteiger partial charge >= 0.3 is 0 Å². The fourth-order valence-electron chi connectivity index (χ4n) is 5.28. The second-order valence-electron chi connectivity index (χ2n) is 8.91. The number of rotatable bonds is 5. The first-order valence-corrected chi connectivity index (χ1v) is 10.7. The lowest BCUT2D eigenvalue weighted by Crippen LogP contribution is -2.53. The SMILES string of the molecule is Cc1ccc([C@@H](C)N2C(=O)[C@@H]3CC2CN3C[C@H](C)C(=O)N2CCC[C@H]2C#N)cc1. The third-order valence-corrected chi connectivity index (χ3v) is 6.91. The lowest BCUT2D eigenvalue weighted by atomic mass is 10.0. The van der Waals surface area contributed by atoms with E-state index in [0.29, 0.717) is 13.1 Å². The number of piperazine rings is 1. The molecule has 1 aromatic carbocycles. The van der Waals surface area contributed by atoms with E-state index >= 15 is 0 Å². The van der Waals surface area contributed by atoms with E-state index in [9.17, 15) is 14.9 Å². The zero-order valence-electron chi connectivity index (χ0n) is 17.5. The Morgan fingerprint density at radius 2 is 2.00 bits per heavy atom. The largest absolute Gasteiger partial charge is 0.330 e. The van der Waals surface area contributed by atoms with Crippen LogP contribution in [0.25, 0.3) is 0 Å². The van der Waals surface area contributed by atoms with Crippen LogP contribution in [-0.4, -0.2) is 64.3 Å². The van der Waals surface area contributed by atoms with Crippen LogP contribution in [0.4, 0.5) is 0 Å². The van der Waals surface area contributed by atoms with Gasteiger partial charge in [-0.15, -0.1) is 0 Å². The van der Waals surface area contributed by atoms with E-state index < -0.39 is 0 Å². The number of aryl methyl sites for hydroxylation is 1. The maximum atomic E-state index is 13.1. The van der Waals surface area contributed by atoms with E-state index in [1.807, 2.05) is 11.8 Å². The van der Waals surface area contributed by atoms with Crippen molar-refractivity contribution < 1.29 is 9.59 Å². The van der Waals surface area contributed by atoms with E-state index in [1.165, 1.54) is 11.1 Å². The van der Waals surface area contributed by atoms with Crippen LogP contribution in [0.2, 0.25) is 0 Å². The molecule has 1 aromatic rings. The van der Waals surface area contributed by atoms with Crippen molar-refractivity contribution in [1.29, 1.82) is 5.26 Å². The number of likely N-dealkylation sites (tertiary alicyclic amines) is 3. The van der Waals surface area contributed by atoms with Crippen LogP contribution in [-0.2, 0) is 9.59 Å². The van der Waals surface area contributed by atoms with Gasteiger partial charge in [-0.3, -0.25) is 14.5 Å². The highest BCUT2D eigenvalue weighted by Gasteiger charge is 2.51. The van der Waals surface area contributed by atoms with Crippen molar-refractivity contribution in [2.45, 2.75) is 64.2 Å². The molecule has 3 aliphatic heterocycles. The third-order valence-electron chi connectivity index (χ3n) is 6.91. The van der Waals surface area contributed by atoms with Gasteiger partial charge in [-0.2, -0.15) is 5.26 Å². The first-order valence-electron chi connectivity index (χ1n) is 10.7. The molecule has 1 unspecified atom stereocenters. The van der Waals surface area contributed by atoms with Crippen LogP contribution in [0.5, 0.6) is 0 Å². The van der Waals surface area contributed by atoms with Crippen molar-refractivity contribution in [1.82, 2.24) is 14.7 Å². The number of hydrogen-bond donors (Lipinski definition) is 0. The maximum Gasteiger partial charge on any atom is 0.240 e. The molecular weight excluding hydrogens is 364 g/mol. The number of hydrogen-bond acceptors (Lipinski definition) is 4. The lowest BCUT2D eigenvalue weighted by Gasteiger charge is -2.38. The Hall–Kier alpha value is -2.39. The second kappa shape index (κ2) is 7.79. The van der Waals surface area contributed by atoms with Gasteiger partial charge in [0.2, 0.25) is 11.8 Å². The number of fused-ring (bicyclic) bond motifs is 2.